The lowest BCUT2D eigenvalue weighted by Gasteiger charge is -2.40. The van der Waals surface area contributed by atoms with Crippen LogP contribution < -0.4 is 5.32 Å². The normalized spacial score (nSPS) is 20.2. The van der Waals surface area contributed by atoms with Crippen molar-refractivity contribution in [2.45, 2.75) is 31.7 Å². The SMILES string of the molecule is CN1CCC(C2CCN(C(=O)[C@@H](CO)NC(=O)c3cc4cc(Cl)ccc4[nH]3)CC2)CC1. The van der Waals surface area contributed by atoms with Gasteiger partial charge in [-0.25, -0.2) is 0 Å². The van der Waals surface area contributed by atoms with E-state index in [0.29, 0.717) is 29.7 Å². The minimum absolute atomic E-state index is 0.211. The summed E-state index contributed by atoms with van der Waals surface area (Å²) in [6.45, 7) is 3.26. The molecule has 1 aromatic carbocycles. The fourth-order valence-electron chi connectivity index (χ4n) is 4.96. The lowest BCUT2D eigenvalue weighted by Crippen LogP contribution is -2.53. The van der Waals surface area contributed by atoms with Gasteiger partial charge in [-0.2, -0.15) is 0 Å². The van der Waals surface area contributed by atoms with Gasteiger partial charge < -0.3 is 25.2 Å². The molecule has 0 aliphatic carbocycles. The summed E-state index contributed by atoms with van der Waals surface area (Å²) in [6.07, 6.45) is 4.46. The van der Waals surface area contributed by atoms with Gasteiger partial charge >= 0.3 is 0 Å². The average molecular weight is 447 g/mol. The number of aliphatic hydroxyl groups excluding tert-OH is 1. The molecule has 1 aromatic heterocycles. The van der Waals surface area contributed by atoms with Crippen LogP contribution in [-0.4, -0.2) is 77.6 Å². The molecule has 0 bridgehead atoms. The second-order valence-electron chi connectivity index (χ2n) is 8.93. The van der Waals surface area contributed by atoms with Gasteiger partial charge in [-0.05, 0) is 81.9 Å². The van der Waals surface area contributed by atoms with E-state index in [4.69, 9.17) is 11.6 Å². The van der Waals surface area contributed by atoms with Gasteiger partial charge in [-0.15, -0.1) is 0 Å². The monoisotopic (exact) mass is 446 g/mol. The minimum atomic E-state index is -0.942. The molecular weight excluding hydrogens is 416 g/mol. The molecule has 0 spiro atoms. The maximum Gasteiger partial charge on any atom is 0.268 e. The second kappa shape index (κ2) is 9.59. The van der Waals surface area contributed by atoms with Crippen LogP contribution in [0.3, 0.4) is 0 Å². The molecule has 0 saturated carbocycles. The van der Waals surface area contributed by atoms with Crippen LogP contribution in [-0.2, 0) is 4.79 Å². The van der Waals surface area contributed by atoms with Gasteiger partial charge in [0.2, 0.25) is 5.91 Å². The molecule has 2 aromatic rings. The number of aromatic nitrogens is 1. The highest BCUT2D eigenvalue weighted by molar-refractivity contribution is 6.31. The van der Waals surface area contributed by atoms with Crippen molar-refractivity contribution in [2.24, 2.45) is 11.8 Å². The van der Waals surface area contributed by atoms with E-state index in [1.807, 2.05) is 0 Å². The molecule has 3 heterocycles. The average Bonchev–Trinajstić information content (AvgIpc) is 3.21. The van der Waals surface area contributed by atoms with Crippen LogP contribution in [0.25, 0.3) is 10.9 Å². The zero-order valence-electron chi connectivity index (χ0n) is 17.9. The predicted molar refractivity (Wildman–Crippen MR) is 121 cm³/mol. The first-order valence-corrected chi connectivity index (χ1v) is 11.5. The number of aromatic amines is 1. The Hall–Kier alpha value is -2.09. The van der Waals surface area contributed by atoms with Crippen LogP contribution in [0.15, 0.2) is 24.3 Å². The van der Waals surface area contributed by atoms with Crippen LogP contribution in [0, 0.1) is 11.8 Å². The third-order valence-corrected chi connectivity index (χ3v) is 7.13. The molecule has 0 radical (unpaired) electrons. The van der Waals surface area contributed by atoms with Crippen LogP contribution in [0.5, 0.6) is 0 Å². The predicted octanol–water partition coefficient (Wildman–Crippen LogP) is 2.49. The third-order valence-electron chi connectivity index (χ3n) is 6.89. The van der Waals surface area contributed by atoms with Crippen molar-refractivity contribution in [1.29, 1.82) is 0 Å². The summed E-state index contributed by atoms with van der Waals surface area (Å²) in [5.41, 5.74) is 1.13. The zero-order valence-corrected chi connectivity index (χ0v) is 18.7. The highest BCUT2D eigenvalue weighted by Gasteiger charge is 2.33. The Bertz CT molecular complexity index is 930. The van der Waals surface area contributed by atoms with Crippen molar-refractivity contribution in [3.63, 3.8) is 0 Å². The van der Waals surface area contributed by atoms with E-state index < -0.39 is 18.6 Å². The molecule has 2 fully saturated rings. The number of nitrogens with one attached hydrogen (secondary N) is 2. The summed E-state index contributed by atoms with van der Waals surface area (Å²) < 4.78 is 0. The Morgan fingerprint density at radius 2 is 1.77 bits per heavy atom. The van der Waals surface area contributed by atoms with Crippen LogP contribution >= 0.6 is 11.6 Å². The first-order chi connectivity index (χ1) is 14.9. The summed E-state index contributed by atoms with van der Waals surface area (Å²) in [5, 5.41) is 13.9. The van der Waals surface area contributed by atoms with Crippen LogP contribution in [0.1, 0.15) is 36.2 Å². The number of hydrogen-bond donors (Lipinski definition) is 3. The Morgan fingerprint density at radius 1 is 1.13 bits per heavy atom. The van der Waals surface area contributed by atoms with Gasteiger partial charge in [-0.3, -0.25) is 9.59 Å². The maximum absolute atomic E-state index is 13.0. The van der Waals surface area contributed by atoms with Crippen molar-refractivity contribution >= 4 is 34.3 Å². The highest BCUT2D eigenvalue weighted by atomic mass is 35.5. The summed E-state index contributed by atoms with van der Waals surface area (Å²) in [4.78, 5) is 32.8. The molecule has 0 unspecified atom stereocenters. The number of H-pyrrole nitrogens is 1. The first-order valence-electron chi connectivity index (χ1n) is 11.1. The molecule has 2 aliphatic heterocycles. The van der Waals surface area contributed by atoms with Gasteiger partial charge in [0.15, 0.2) is 0 Å². The summed E-state index contributed by atoms with van der Waals surface area (Å²) in [6, 6.07) is 6.08. The number of fused-ring (bicyclic) bond motifs is 1. The van der Waals surface area contributed by atoms with Gasteiger partial charge in [0.05, 0.1) is 6.61 Å². The number of rotatable bonds is 5. The van der Waals surface area contributed by atoms with E-state index >= 15 is 0 Å². The van der Waals surface area contributed by atoms with E-state index in [1.54, 1.807) is 29.2 Å². The largest absolute Gasteiger partial charge is 0.394 e. The molecular formula is C23H31ClN4O3. The highest BCUT2D eigenvalue weighted by Crippen LogP contribution is 2.32. The maximum atomic E-state index is 13.0. The number of halogens is 1. The summed E-state index contributed by atoms with van der Waals surface area (Å²) in [5.74, 6) is 0.785. The molecule has 2 aliphatic rings. The lowest BCUT2D eigenvalue weighted by molar-refractivity contribution is -0.136. The van der Waals surface area contributed by atoms with Gasteiger partial charge in [0.1, 0.15) is 11.7 Å². The number of carbonyl (C=O) groups excluding carboxylic acids is 2. The smallest absolute Gasteiger partial charge is 0.268 e. The van der Waals surface area contributed by atoms with Gasteiger partial charge in [-0.1, -0.05) is 11.6 Å². The van der Waals surface area contributed by atoms with Crippen molar-refractivity contribution in [3.05, 3.63) is 35.0 Å². The fraction of sp³-hybridized carbons (Fsp3) is 0.565. The topological polar surface area (TPSA) is 88.7 Å². The van der Waals surface area contributed by atoms with Crippen LogP contribution in [0.2, 0.25) is 5.02 Å². The van der Waals surface area contributed by atoms with E-state index in [2.05, 4.69) is 22.2 Å². The molecule has 7 nitrogen and oxygen atoms in total. The van der Waals surface area contributed by atoms with Crippen molar-refractivity contribution < 1.29 is 14.7 Å². The Labute approximate surface area is 187 Å². The molecule has 1 atom stereocenters. The molecule has 4 rings (SSSR count). The molecule has 31 heavy (non-hydrogen) atoms. The molecule has 2 amide bonds. The number of aliphatic hydroxyl groups is 1. The number of likely N-dealkylation sites (tertiary alicyclic amines) is 2. The third kappa shape index (κ3) is 5.05. The van der Waals surface area contributed by atoms with E-state index in [0.717, 1.165) is 42.8 Å². The Balaban J connectivity index is 1.33. The molecule has 3 N–H and O–H groups in total. The van der Waals surface area contributed by atoms with Crippen molar-refractivity contribution in [1.82, 2.24) is 20.1 Å². The van der Waals surface area contributed by atoms with Gasteiger partial charge in [0.25, 0.3) is 5.91 Å². The lowest BCUT2D eigenvalue weighted by atomic mass is 9.79. The molecule has 2 saturated heterocycles. The van der Waals surface area contributed by atoms with Gasteiger partial charge in [0, 0.05) is 29.0 Å². The number of amides is 2. The quantitative estimate of drug-likeness (QED) is 0.658. The number of hydrogen-bond acceptors (Lipinski definition) is 4. The standard InChI is InChI=1S/C23H31ClN4O3/c1-27-8-4-15(5-9-27)16-6-10-28(11-7-16)23(31)21(14-29)26-22(30)20-13-17-12-18(24)2-3-19(17)25-20/h2-3,12-13,15-16,21,25,29H,4-11,14H2,1H3,(H,26,30)/t21-/m1/s1. The number of piperidine rings is 2. The second-order valence-corrected chi connectivity index (χ2v) is 9.36. The molecule has 168 valence electrons. The minimum Gasteiger partial charge on any atom is -0.394 e. The van der Waals surface area contributed by atoms with E-state index in [-0.39, 0.29) is 5.91 Å². The van der Waals surface area contributed by atoms with E-state index in [1.165, 1.54) is 12.8 Å². The first kappa shape index (κ1) is 22.1. The summed E-state index contributed by atoms with van der Waals surface area (Å²) >= 11 is 6.01. The number of benzene rings is 1. The fourth-order valence-corrected chi connectivity index (χ4v) is 5.14. The molecule has 8 heteroatoms. The Morgan fingerprint density at radius 3 is 2.42 bits per heavy atom. The van der Waals surface area contributed by atoms with E-state index in [9.17, 15) is 14.7 Å². The van der Waals surface area contributed by atoms with Crippen molar-refractivity contribution in [2.75, 3.05) is 39.8 Å². The number of carbonyl (C=O) groups is 2. The number of nitrogens with zero attached hydrogens (tertiary/aromatic N) is 2. The van der Waals surface area contributed by atoms with Crippen molar-refractivity contribution in [3.8, 4) is 0 Å². The zero-order chi connectivity index (χ0) is 22.0. The summed E-state index contributed by atoms with van der Waals surface area (Å²) in [7, 11) is 2.17. The van der Waals surface area contributed by atoms with Crippen LogP contribution in [0.4, 0.5) is 0 Å². The Kier molecular flexibility index (Phi) is 6.84.